The minimum absolute atomic E-state index is 0.351. The fraction of sp³-hybridized carbons (Fsp3) is 1.00. The van der Waals surface area contributed by atoms with E-state index in [0.29, 0.717) is 12.5 Å². The number of thioether (sulfide) groups is 1. The Morgan fingerprint density at radius 2 is 2.21 bits per heavy atom. The topological polar surface area (TPSA) is 20.2 Å². The molecule has 2 saturated carbocycles. The number of fused-ring (bicyclic) bond motifs is 2. The summed E-state index contributed by atoms with van der Waals surface area (Å²) in [6, 6.07) is 0. The molecule has 0 radical (unpaired) electrons. The van der Waals surface area contributed by atoms with Crippen molar-refractivity contribution in [2.75, 3.05) is 18.1 Å². The Morgan fingerprint density at radius 1 is 1.36 bits per heavy atom. The van der Waals surface area contributed by atoms with Gasteiger partial charge in [0.2, 0.25) is 0 Å². The molecule has 2 aliphatic rings. The van der Waals surface area contributed by atoms with E-state index < -0.39 is 0 Å². The number of hydrogen-bond donors (Lipinski definition) is 1. The minimum Gasteiger partial charge on any atom is -0.396 e. The summed E-state index contributed by atoms with van der Waals surface area (Å²) in [5.41, 5.74) is 0. The first-order valence-electron chi connectivity index (χ1n) is 5.98. The molecular formula is C12H22OS. The quantitative estimate of drug-likeness (QED) is 0.759. The van der Waals surface area contributed by atoms with Crippen LogP contribution in [0.1, 0.15) is 32.6 Å². The Labute approximate surface area is 91.7 Å². The maximum Gasteiger partial charge on any atom is 0.0464 e. The third-order valence-electron chi connectivity index (χ3n) is 3.93. The van der Waals surface area contributed by atoms with Crippen LogP contribution >= 0.6 is 11.8 Å². The summed E-state index contributed by atoms with van der Waals surface area (Å²) in [4.78, 5) is 0. The SMILES string of the molecule is CC(CO)CSCC1CC2CCC1C2. The van der Waals surface area contributed by atoms with E-state index in [9.17, 15) is 0 Å². The van der Waals surface area contributed by atoms with Crippen LogP contribution < -0.4 is 0 Å². The van der Waals surface area contributed by atoms with E-state index in [1.165, 1.54) is 31.4 Å². The molecule has 1 nitrogen and oxygen atoms in total. The van der Waals surface area contributed by atoms with Gasteiger partial charge in [0, 0.05) is 6.61 Å². The predicted molar refractivity (Wildman–Crippen MR) is 62.5 cm³/mol. The Hall–Kier alpha value is 0.310. The molecule has 4 atom stereocenters. The van der Waals surface area contributed by atoms with Crippen LogP contribution in [0.3, 0.4) is 0 Å². The second-order valence-corrected chi connectivity index (χ2v) is 6.34. The van der Waals surface area contributed by atoms with Gasteiger partial charge in [-0.05, 0) is 54.4 Å². The van der Waals surface area contributed by atoms with E-state index in [2.05, 4.69) is 18.7 Å². The van der Waals surface area contributed by atoms with Gasteiger partial charge in [-0.1, -0.05) is 13.3 Å². The molecule has 2 rings (SSSR count). The standard InChI is InChI=1S/C12H22OS/c1-9(6-13)7-14-8-12-5-10-2-3-11(12)4-10/h9-13H,2-8H2,1H3. The molecule has 2 heteroatoms. The van der Waals surface area contributed by atoms with Crippen LogP contribution in [0.25, 0.3) is 0 Å². The molecule has 2 aliphatic carbocycles. The van der Waals surface area contributed by atoms with Gasteiger partial charge in [-0.3, -0.25) is 0 Å². The largest absolute Gasteiger partial charge is 0.396 e. The average molecular weight is 214 g/mol. The summed E-state index contributed by atoms with van der Waals surface area (Å²) in [7, 11) is 0. The van der Waals surface area contributed by atoms with Gasteiger partial charge >= 0.3 is 0 Å². The molecule has 0 aliphatic heterocycles. The fourth-order valence-corrected chi connectivity index (χ4v) is 4.41. The van der Waals surface area contributed by atoms with E-state index >= 15 is 0 Å². The Kier molecular flexibility index (Phi) is 3.78. The average Bonchev–Trinajstić information content (AvgIpc) is 2.79. The van der Waals surface area contributed by atoms with Crippen molar-refractivity contribution in [1.29, 1.82) is 0 Å². The summed E-state index contributed by atoms with van der Waals surface area (Å²) in [5, 5.41) is 8.92. The Balaban J connectivity index is 1.62. The summed E-state index contributed by atoms with van der Waals surface area (Å²) < 4.78 is 0. The van der Waals surface area contributed by atoms with E-state index in [4.69, 9.17) is 5.11 Å². The molecule has 82 valence electrons. The number of rotatable bonds is 5. The monoisotopic (exact) mass is 214 g/mol. The number of aliphatic hydroxyl groups is 1. The van der Waals surface area contributed by atoms with Crippen molar-refractivity contribution in [3.05, 3.63) is 0 Å². The smallest absolute Gasteiger partial charge is 0.0464 e. The van der Waals surface area contributed by atoms with Gasteiger partial charge in [-0.2, -0.15) is 11.8 Å². The van der Waals surface area contributed by atoms with E-state index in [-0.39, 0.29) is 0 Å². The van der Waals surface area contributed by atoms with Gasteiger partial charge in [-0.15, -0.1) is 0 Å². The predicted octanol–water partition coefficient (Wildman–Crippen LogP) is 2.78. The summed E-state index contributed by atoms with van der Waals surface area (Å²) in [6.07, 6.45) is 6.05. The van der Waals surface area contributed by atoms with Crippen LogP contribution in [0.2, 0.25) is 0 Å². The minimum atomic E-state index is 0.351. The van der Waals surface area contributed by atoms with Crippen molar-refractivity contribution in [3.8, 4) is 0 Å². The molecular weight excluding hydrogens is 192 g/mol. The van der Waals surface area contributed by atoms with Crippen molar-refractivity contribution in [2.24, 2.45) is 23.7 Å². The maximum absolute atomic E-state index is 8.92. The van der Waals surface area contributed by atoms with Crippen LogP contribution in [0.15, 0.2) is 0 Å². The highest BCUT2D eigenvalue weighted by Gasteiger charge is 2.38. The molecule has 2 fully saturated rings. The lowest BCUT2D eigenvalue weighted by molar-refractivity contribution is 0.250. The third kappa shape index (κ3) is 2.46. The summed E-state index contributed by atoms with van der Waals surface area (Å²) in [5.74, 6) is 6.15. The number of hydrogen-bond acceptors (Lipinski definition) is 2. The van der Waals surface area contributed by atoms with Crippen molar-refractivity contribution in [2.45, 2.75) is 32.6 Å². The highest BCUT2D eigenvalue weighted by Crippen LogP contribution is 2.49. The van der Waals surface area contributed by atoms with Gasteiger partial charge in [-0.25, -0.2) is 0 Å². The van der Waals surface area contributed by atoms with Gasteiger partial charge in [0.05, 0.1) is 0 Å². The lowest BCUT2D eigenvalue weighted by Gasteiger charge is -2.21. The molecule has 14 heavy (non-hydrogen) atoms. The zero-order valence-corrected chi connectivity index (χ0v) is 9.93. The van der Waals surface area contributed by atoms with E-state index in [1.807, 2.05) is 0 Å². The van der Waals surface area contributed by atoms with Crippen LogP contribution in [0.5, 0.6) is 0 Å². The first-order valence-corrected chi connectivity index (χ1v) is 7.13. The second kappa shape index (κ2) is 4.89. The molecule has 4 unspecified atom stereocenters. The van der Waals surface area contributed by atoms with Gasteiger partial charge < -0.3 is 5.11 Å². The first kappa shape index (κ1) is 10.8. The van der Waals surface area contributed by atoms with E-state index in [0.717, 1.165) is 23.5 Å². The first-order chi connectivity index (χ1) is 6.79. The highest BCUT2D eigenvalue weighted by atomic mass is 32.2. The van der Waals surface area contributed by atoms with Crippen LogP contribution in [0.4, 0.5) is 0 Å². The van der Waals surface area contributed by atoms with Gasteiger partial charge in [0.25, 0.3) is 0 Å². The second-order valence-electron chi connectivity index (χ2n) is 5.26. The van der Waals surface area contributed by atoms with Crippen molar-refractivity contribution in [3.63, 3.8) is 0 Å². The lowest BCUT2D eigenvalue weighted by Crippen LogP contribution is -2.14. The molecule has 0 spiro atoms. The van der Waals surface area contributed by atoms with Crippen molar-refractivity contribution < 1.29 is 5.11 Å². The highest BCUT2D eigenvalue weighted by molar-refractivity contribution is 7.99. The molecule has 0 amide bonds. The summed E-state index contributed by atoms with van der Waals surface area (Å²) >= 11 is 2.06. The van der Waals surface area contributed by atoms with Crippen LogP contribution in [0, 0.1) is 23.7 Å². The Bertz CT molecular complexity index is 183. The van der Waals surface area contributed by atoms with Gasteiger partial charge in [0.15, 0.2) is 0 Å². The number of aliphatic hydroxyl groups excluding tert-OH is 1. The van der Waals surface area contributed by atoms with Gasteiger partial charge in [0.1, 0.15) is 0 Å². The maximum atomic E-state index is 8.92. The van der Waals surface area contributed by atoms with E-state index in [1.54, 1.807) is 0 Å². The third-order valence-corrected chi connectivity index (χ3v) is 5.40. The molecule has 2 bridgehead atoms. The fourth-order valence-electron chi connectivity index (χ4n) is 3.05. The molecule has 0 aromatic rings. The lowest BCUT2D eigenvalue weighted by atomic mass is 9.90. The zero-order chi connectivity index (χ0) is 9.97. The van der Waals surface area contributed by atoms with Crippen molar-refractivity contribution in [1.82, 2.24) is 0 Å². The summed E-state index contributed by atoms with van der Waals surface area (Å²) in [6.45, 7) is 2.48. The van der Waals surface area contributed by atoms with Crippen LogP contribution in [-0.2, 0) is 0 Å². The molecule has 0 aromatic carbocycles. The molecule has 0 saturated heterocycles. The normalized spacial score (nSPS) is 37.7. The molecule has 1 N–H and O–H groups in total. The Morgan fingerprint density at radius 3 is 2.79 bits per heavy atom. The van der Waals surface area contributed by atoms with Crippen molar-refractivity contribution >= 4 is 11.8 Å². The zero-order valence-electron chi connectivity index (χ0n) is 9.11. The van der Waals surface area contributed by atoms with Crippen LogP contribution in [-0.4, -0.2) is 23.2 Å². The molecule has 0 aromatic heterocycles. The molecule has 0 heterocycles.